The average Bonchev–Trinajstić information content (AvgIpc) is 2.64. The molecule has 0 unspecified atom stereocenters. The van der Waals surface area contributed by atoms with E-state index in [0.29, 0.717) is 54.4 Å². The van der Waals surface area contributed by atoms with Crippen molar-refractivity contribution >= 4 is 0 Å². The Balaban J connectivity index is 1.62. The molecule has 0 radical (unpaired) electrons. The summed E-state index contributed by atoms with van der Waals surface area (Å²) in [6.07, 6.45) is 3.82. The molecular formula is C19H18FN5O. The van der Waals surface area contributed by atoms with Crippen LogP contribution in [0.5, 0.6) is 0 Å². The SMILES string of the molecule is Cc1cnc(-c2nc3c(c(=O)[nH]2)CCN(Cc2ccccc2F)C3)cn1. The lowest BCUT2D eigenvalue weighted by Gasteiger charge is -2.27. The average molecular weight is 351 g/mol. The summed E-state index contributed by atoms with van der Waals surface area (Å²) >= 11 is 0. The van der Waals surface area contributed by atoms with E-state index in [2.05, 4.69) is 24.8 Å². The van der Waals surface area contributed by atoms with Gasteiger partial charge < -0.3 is 4.98 Å². The lowest BCUT2D eigenvalue weighted by molar-refractivity contribution is 0.237. The van der Waals surface area contributed by atoms with Crippen molar-refractivity contribution in [3.05, 3.63) is 75.3 Å². The van der Waals surface area contributed by atoms with Gasteiger partial charge in [0.25, 0.3) is 5.56 Å². The number of hydrogen-bond acceptors (Lipinski definition) is 5. The number of halogens is 1. The van der Waals surface area contributed by atoms with Gasteiger partial charge >= 0.3 is 0 Å². The fraction of sp³-hybridized carbons (Fsp3) is 0.263. The van der Waals surface area contributed by atoms with E-state index in [1.807, 2.05) is 13.0 Å². The molecule has 2 aromatic heterocycles. The highest BCUT2D eigenvalue weighted by Gasteiger charge is 2.22. The second kappa shape index (κ2) is 6.76. The Hall–Kier alpha value is -2.93. The van der Waals surface area contributed by atoms with Crippen molar-refractivity contribution in [3.8, 4) is 11.5 Å². The number of benzene rings is 1. The molecule has 0 bridgehead atoms. The minimum atomic E-state index is -0.215. The predicted octanol–water partition coefficient (Wildman–Crippen LogP) is 2.23. The van der Waals surface area contributed by atoms with E-state index in [-0.39, 0.29) is 11.4 Å². The first kappa shape index (κ1) is 16.5. The van der Waals surface area contributed by atoms with Gasteiger partial charge in [0.1, 0.15) is 11.5 Å². The molecule has 0 spiro atoms. The van der Waals surface area contributed by atoms with Crippen LogP contribution in [0.1, 0.15) is 22.5 Å². The van der Waals surface area contributed by atoms with Crippen LogP contribution in [0.25, 0.3) is 11.5 Å². The van der Waals surface area contributed by atoms with Gasteiger partial charge in [-0.15, -0.1) is 0 Å². The van der Waals surface area contributed by atoms with Gasteiger partial charge in [-0.1, -0.05) is 18.2 Å². The standard InChI is InChI=1S/C19H18FN5O/c1-12-8-22-16(9-21-12)18-23-17-11-25(7-6-14(17)19(26)24-18)10-13-4-2-3-5-15(13)20/h2-5,8-9H,6-7,10-11H2,1H3,(H,23,24,26). The number of fused-ring (bicyclic) bond motifs is 1. The maximum Gasteiger partial charge on any atom is 0.254 e. The van der Waals surface area contributed by atoms with Crippen LogP contribution in [-0.2, 0) is 19.5 Å². The number of H-pyrrole nitrogens is 1. The summed E-state index contributed by atoms with van der Waals surface area (Å²) in [6, 6.07) is 6.75. The van der Waals surface area contributed by atoms with Crippen molar-refractivity contribution in [3.63, 3.8) is 0 Å². The van der Waals surface area contributed by atoms with Gasteiger partial charge in [0, 0.05) is 37.0 Å². The molecule has 4 rings (SSSR count). The summed E-state index contributed by atoms with van der Waals surface area (Å²) in [6.45, 7) is 3.52. The second-order valence-electron chi connectivity index (χ2n) is 6.43. The Labute approximate surface area is 149 Å². The first-order valence-electron chi connectivity index (χ1n) is 8.47. The maximum absolute atomic E-state index is 13.9. The highest BCUT2D eigenvalue weighted by atomic mass is 19.1. The lowest BCUT2D eigenvalue weighted by Crippen LogP contribution is -2.35. The molecule has 1 N–H and O–H groups in total. The Morgan fingerprint density at radius 3 is 2.85 bits per heavy atom. The third-order valence-corrected chi connectivity index (χ3v) is 4.53. The molecule has 1 aliphatic rings. The number of aromatic amines is 1. The molecule has 0 atom stereocenters. The van der Waals surface area contributed by atoms with Crippen molar-refractivity contribution in [2.75, 3.05) is 6.54 Å². The predicted molar refractivity (Wildman–Crippen MR) is 94.8 cm³/mol. The Kier molecular flexibility index (Phi) is 4.30. The molecule has 26 heavy (non-hydrogen) atoms. The summed E-state index contributed by atoms with van der Waals surface area (Å²) in [5.74, 6) is 0.196. The molecule has 7 heteroatoms. The maximum atomic E-state index is 13.9. The summed E-state index contributed by atoms with van der Waals surface area (Å²) in [5, 5.41) is 0. The van der Waals surface area contributed by atoms with Crippen molar-refractivity contribution in [1.82, 2.24) is 24.8 Å². The highest BCUT2D eigenvalue weighted by molar-refractivity contribution is 5.48. The Morgan fingerprint density at radius 1 is 1.23 bits per heavy atom. The van der Waals surface area contributed by atoms with Crippen LogP contribution in [0, 0.1) is 12.7 Å². The Bertz CT molecular complexity index is 1000. The molecule has 3 aromatic rings. The van der Waals surface area contributed by atoms with E-state index < -0.39 is 0 Å². The molecule has 0 aliphatic carbocycles. The largest absolute Gasteiger partial charge is 0.305 e. The third-order valence-electron chi connectivity index (χ3n) is 4.53. The number of rotatable bonds is 3. The zero-order valence-electron chi connectivity index (χ0n) is 14.4. The van der Waals surface area contributed by atoms with Crippen LogP contribution in [0.4, 0.5) is 4.39 Å². The molecule has 0 saturated carbocycles. The lowest BCUT2D eigenvalue weighted by atomic mass is 10.1. The first-order valence-corrected chi connectivity index (χ1v) is 8.47. The van der Waals surface area contributed by atoms with E-state index in [1.165, 1.54) is 6.07 Å². The van der Waals surface area contributed by atoms with Crippen molar-refractivity contribution in [1.29, 1.82) is 0 Å². The smallest absolute Gasteiger partial charge is 0.254 e. The van der Waals surface area contributed by atoms with Gasteiger partial charge in [0.2, 0.25) is 0 Å². The molecule has 0 amide bonds. The fourth-order valence-corrected chi connectivity index (χ4v) is 3.13. The molecule has 3 heterocycles. The highest BCUT2D eigenvalue weighted by Crippen LogP contribution is 2.19. The van der Waals surface area contributed by atoms with E-state index in [0.717, 1.165) is 5.69 Å². The van der Waals surface area contributed by atoms with Crippen LogP contribution in [0.3, 0.4) is 0 Å². The van der Waals surface area contributed by atoms with Gasteiger partial charge in [-0.25, -0.2) is 14.4 Å². The minimum absolute atomic E-state index is 0.141. The fourth-order valence-electron chi connectivity index (χ4n) is 3.13. The van der Waals surface area contributed by atoms with E-state index in [1.54, 1.807) is 24.5 Å². The number of aromatic nitrogens is 4. The summed E-state index contributed by atoms with van der Waals surface area (Å²) < 4.78 is 13.9. The number of hydrogen-bond donors (Lipinski definition) is 1. The quantitative estimate of drug-likeness (QED) is 0.783. The monoisotopic (exact) mass is 351 g/mol. The molecule has 0 saturated heterocycles. The van der Waals surface area contributed by atoms with Crippen molar-refractivity contribution < 1.29 is 4.39 Å². The van der Waals surface area contributed by atoms with Gasteiger partial charge in [-0.2, -0.15) is 0 Å². The molecule has 0 fully saturated rings. The van der Waals surface area contributed by atoms with Crippen LogP contribution >= 0.6 is 0 Å². The minimum Gasteiger partial charge on any atom is -0.305 e. The number of aryl methyl sites for hydroxylation is 1. The van der Waals surface area contributed by atoms with Gasteiger partial charge in [0.05, 0.1) is 17.6 Å². The molecular weight excluding hydrogens is 333 g/mol. The zero-order valence-corrected chi connectivity index (χ0v) is 14.4. The van der Waals surface area contributed by atoms with Crippen molar-refractivity contribution in [2.45, 2.75) is 26.4 Å². The second-order valence-corrected chi connectivity index (χ2v) is 6.43. The summed E-state index contributed by atoms with van der Waals surface area (Å²) in [7, 11) is 0. The normalized spacial score (nSPS) is 14.2. The number of nitrogens with one attached hydrogen (secondary N) is 1. The van der Waals surface area contributed by atoms with E-state index >= 15 is 0 Å². The van der Waals surface area contributed by atoms with Crippen LogP contribution < -0.4 is 5.56 Å². The summed E-state index contributed by atoms with van der Waals surface area (Å²) in [5.41, 5.74) is 3.24. The topological polar surface area (TPSA) is 74.8 Å². The zero-order chi connectivity index (χ0) is 18.1. The molecule has 132 valence electrons. The third kappa shape index (κ3) is 3.25. The van der Waals surface area contributed by atoms with Gasteiger partial charge in [0.15, 0.2) is 5.82 Å². The van der Waals surface area contributed by atoms with Crippen LogP contribution in [0.2, 0.25) is 0 Å². The van der Waals surface area contributed by atoms with E-state index in [9.17, 15) is 9.18 Å². The summed E-state index contributed by atoms with van der Waals surface area (Å²) in [4.78, 5) is 30.4. The Morgan fingerprint density at radius 2 is 2.08 bits per heavy atom. The van der Waals surface area contributed by atoms with Gasteiger partial charge in [-0.05, 0) is 19.4 Å². The van der Waals surface area contributed by atoms with Crippen LogP contribution in [-0.4, -0.2) is 31.4 Å². The van der Waals surface area contributed by atoms with Crippen LogP contribution in [0.15, 0.2) is 41.5 Å². The molecule has 6 nitrogen and oxygen atoms in total. The number of nitrogens with zero attached hydrogens (tertiary/aromatic N) is 4. The molecule has 1 aliphatic heterocycles. The van der Waals surface area contributed by atoms with Crippen molar-refractivity contribution in [2.24, 2.45) is 0 Å². The first-order chi connectivity index (χ1) is 12.6. The van der Waals surface area contributed by atoms with E-state index in [4.69, 9.17) is 0 Å². The van der Waals surface area contributed by atoms with Gasteiger partial charge in [-0.3, -0.25) is 14.7 Å². The molecule has 1 aromatic carbocycles.